The summed E-state index contributed by atoms with van der Waals surface area (Å²) in [6, 6.07) is 0. The summed E-state index contributed by atoms with van der Waals surface area (Å²) in [5.74, 6) is 2.24. The number of fused-ring (bicyclic) bond motifs is 2. The first-order valence-corrected chi connectivity index (χ1v) is 8.52. The predicted molar refractivity (Wildman–Crippen MR) is 84.6 cm³/mol. The zero-order valence-electron chi connectivity index (χ0n) is 13.2. The minimum atomic E-state index is -0.101. The van der Waals surface area contributed by atoms with E-state index in [2.05, 4.69) is 13.5 Å². The number of ether oxygens (including phenoxy) is 1. The van der Waals surface area contributed by atoms with Gasteiger partial charge in [0.2, 0.25) is 0 Å². The first-order valence-electron chi connectivity index (χ1n) is 8.52. The molecule has 20 heavy (non-hydrogen) atoms. The molecule has 0 radical (unpaired) electrons. The van der Waals surface area contributed by atoms with E-state index in [4.69, 9.17) is 4.74 Å². The van der Waals surface area contributed by atoms with Crippen LogP contribution in [-0.4, -0.2) is 12.6 Å². The summed E-state index contributed by atoms with van der Waals surface area (Å²) in [6.45, 7) is 6.00. The molecule has 2 nitrogen and oxygen atoms in total. The van der Waals surface area contributed by atoms with Gasteiger partial charge in [0, 0.05) is 6.42 Å². The lowest BCUT2D eigenvalue weighted by Gasteiger charge is -2.05. The third kappa shape index (κ3) is 7.72. The lowest BCUT2D eigenvalue weighted by atomic mass is 10.0. The summed E-state index contributed by atoms with van der Waals surface area (Å²) in [4.78, 5) is 11.0. The van der Waals surface area contributed by atoms with Crippen LogP contribution in [0.15, 0.2) is 12.7 Å². The molecule has 2 aliphatic rings. The molecule has 2 fully saturated rings. The van der Waals surface area contributed by atoms with E-state index in [1.165, 1.54) is 31.1 Å². The van der Waals surface area contributed by atoms with Crippen molar-refractivity contribution >= 4 is 5.97 Å². The van der Waals surface area contributed by atoms with Gasteiger partial charge >= 0.3 is 5.97 Å². The highest BCUT2D eigenvalue weighted by Crippen LogP contribution is 2.43. The molecule has 0 amide bonds. The van der Waals surface area contributed by atoms with Gasteiger partial charge in [0.25, 0.3) is 0 Å². The smallest absolute Gasteiger partial charge is 0.306 e. The lowest BCUT2D eigenvalue weighted by Crippen LogP contribution is -2.03. The van der Waals surface area contributed by atoms with Crippen LogP contribution in [0.3, 0.4) is 0 Å². The van der Waals surface area contributed by atoms with Crippen molar-refractivity contribution in [2.75, 3.05) is 6.61 Å². The van der Waals surface area contributed by atoms with E-state index in [0.29, 0.717) is 13.0 Å². The quantitative estimate of drug-likeness (QED) is 0.344. The average molecular weight is 280 g/mol. The maximum Gasteiger partial charge on any atom is 0.306 e. The van der Waals surface area contributed by atoms with Crippen molar-refractivity contribution in [3.63, 3.8) is 0 Å². The molecule has 116 valence electrons. The Hall–Kier alpha value is -0.790. The Morgan fingerprint density at radius 1 is 1.10 bits per heavy atom. The molecule has 0 atom stereocenters. The molecule has 0 unspecified atom stereocenters. The third-order valence-electron chi connectivity index (χ3n) is 4.48. The average Bonchev–Trinajstić information content (AvgIpc) is 3.10. The summed E-state index contributed by atoms with van der Waals surface area (Å²) in [5, 5.41) is 0. The van der Waals surface area contributed by atoms with Gasteiger partial charge < -0.3 is 4.74 Å². The minimum Gasteiger partial charge on any atom is -0.461 e. The molecule has 0 aromatic carbocycles. The summed E-state index contributed by atoms with van der Waals surface area (Å²) in [7, 11) is 0. The Labute approximate surface area is 125 Å². The molecule has 2 rings (SSSR count). The van der Waals surface area contributed by atoms with Crippen LogP contribution in [0.1, 0.15) is 77.6 Å². The third-order valence-corrected chi connectivity index (χ3v) is 4.48. The van der Waals surface area contributed by atoms with Gasteiger partial charge in [-0.05, 0) is 24.7 Å². The molecule has 0 heterocycles. The Bertz CT molecular complexity index is 255. The first kappa shape index (κ1) is 17.3. The molecule has 2 saturated carbocycles. The standard InChI is InChI=1S/C11H20O2.C7H12/c1-3-5-6-7-8-9-11(12)13-10-4-2;1-2-7-4-3-6(1)5-7/h4H,2-3,5-10H2,1H3;6-7H,1-5H2. The number of hydrogen-bond donors (Lipinski definition) is 0. The van der Waals surface area contributed by atoms with Crippen LogP contribution in [-0.2, 0) is 9.53 Å². The van der Waals surface area contributed by atoms with Crippen molar-refractivity contribution in [3.8, 4) is 0 Å². The van der Waals surface area contributed by atoms with Crippen molar-refractivity contribution < 1.29 is 9.53 Å². The molecule has 0 aromatic rings. The second-order valence-corrected chi connectivity index (χ2v) is 6.26. The molecule has 0 N–H and O–H groups in total. The zero-order valence-corrected chi connectivity index (χ0v) is 13.2. The highest BCUT2D eigenvalue weighted by atomic mass is 16.5. The van der Waals surface area contributed by atoms with Gasteiger partial charge in [-0.2, -0.15) is 0 Å². The number of carbonyl (C=O) groups is 1. The molecule has 0 aliphatic heterocycles. The SMILES string of the molecule is C1CC2CCC1C2.C=CCOC(=O)CCCCCCC. The Morgan fingerprint density at radius 2 is 1.70 bits per heavy atom. The van der Waals surface area contributed by atoms with Crippen LogP contribution in [0.5, 0.6) is 0 Å². The Morgan fingerprint density at radius 3 is 2.15 bits per heavy atom. The molecule has 2 aliphatic carbocycles. The van der Waals surface area contributed by atoms with Gasteiger partial charge in [-0.1, -0.05) is 70.9 Å². The predicted octanol–water partition coefficient (Wildman–Crippen LogP) is 5.27. The zero-order chi connectivity index (χ0) is 14.6. The molecular weight excluding hydrogens is 248 g/mol. The highest BCUT2D eigenvalue weighted by Gasteiger charge is 2.30. The summed E-state index contributed by atoms with van der Waals surface area (Å²) < 4.78 is 4.84. The van der Waals surface area contributed by atoms with E-state index in [1.807, 2.05) is 0 Å². The number of esters is 1. The van der Waals surface area contributed by atoms with Crippen molar-refractivity contribution in [2.45, 2.75) is 77.6 Å². The van der Waals surface area contributed by atoms with Gasteiger partial charge in [-0.25, -0.2) is 0 Å². The fourth-order valence-electron chi connectivity index (χ4n) is 3.27. The van der Waals surface area contributed by atoms with E-state index in [0.717, 1.165) is 12.8 Å². The fourth-order valence-corrected chi connectivity index (χ4v) is 3.27. The van der Waals surface area contributed by atoms with E-state index < -0.39 is 0 Å². The monoisotopic (exact) mass is 280 g/mol. The molecule has 2 bridgehead atoms. The van der Waals surface area contributed by atoms with Crippen molar-refractivity contribution in [3.05, 3.63) is 12.7 Å². The van der Waals surface area contributed by atoms with Crippen molar-refractivity contribution in [1.29, 1.82) is 0 Å². The van der Waals surface area contributed by atoms with Crippen LogP contribution in [0, 0.1) is 11.8 Å². The van der Waals surface area contributed by atoms with E-state index in [-0.39, 0.29) is 5.97 Å². The fraction of sp³-hybridized carbons (Fsp3) is 0.833. The van der Waals surface area contributed by atoms with E-state index in [1.54, 1.807) is 38.2 Å². The molecular formula is C18H32O2. The number of unbranched alkanes of at least 4 members (excludes halogenated alkanes) is 4. The molecule has 0 spiro atoms. The second kappa shape index (κ2) is 10.9. The number of hydrogen-bond acceptors (Lipinski definition) is 2. The summed E-state index contributed by atoms with van der Waals surface area (Å²) in [6.07, 6.45) is 15.8. The first-order chi connectivity index (χ1) is 9.76. The van der Waals surface area contributed by atoms with Crippen molar-refractivity contribution in [1.82, 2.24) is 0 Å². The van der Waals surface area contributed by atoms with Gasteiger partial charge in [0.05, 0.1) is 0 Å². The van der Waals surface area contributed by atoms with Gasteiger partial charge in [0.1, 0.15) is 6.61 Å². The lowest BCUT2D eigenvalue weighted by molar-refractivity contribution is -0.142. The maximum absolute atomic E-state index is 11.0. The van der Waals surface area contributed by atoms with Crippen LogP contribution in [0.25, 0.3) is 0 Å². The van der Waals surface area contributed by atoms with Crippen LogP contribution >= 0.6 is 0 Å². The molecule has 0 saturated heterocycles. The summed E-state index contributed by atoms with van der Waals surface area (Å²) in [5.41, 5.74) is 0. The van der Waals surface area contributed by atoms with Gasteiger partial charge in [-0.15, -0.1) is 0 Å². The van der Waals surface area contributed by atoms with Gasteiger partial charge in [0.15, 0.2) is 0 Å². The van der Waals surface area contributed by atoms with E-state index >= 15 is 0 Å². The second-order valence-electron chi connectivity index (χ2n) is 6.26. The largest absolute Gasteiger partial charge is 0.461 e. The Kier molecular flexibility index (Phi) is 9.44. The topological polar surface area (TPSA) is 26.3 Å². The normalized spacial score (nSPS) is 23.1. The van der Waals surface area contributed by atoms with E-state index in [9.17, 15) is 4.79 Å². The van der Waals surface area contributed by atoms with Gasteiger partial charge in [-0.3, -0.25) is 4.79 Å². The van der Waals surface area contributed by atoms with Crippen LogP contribution < -0.4 is 0 Å². The number of rotatable bonds is 8. The van der Waals surface area contributed by atoms with Crippen molar-refractivity contribution in [2.24, 2.45) is 11.8 Å². The number of carbonyl (C=O) groups excluding carboxylic acids is 1. The van der Waals surface area contributed by atoms with Crippen LogP contribution in [0.4, 0.5) is 0 Å². The molecule has 0 aromatic heterocycles. The minimum absolute atomic E-state index is 0.101. The highest BCUT2D eigenvalue weighted by molar-refractivity contribution is 5.69. The Balaban J connectivity index is 0.000000233. The molecule has 2 heteroatoms. The maximum atomic E-state index is 11.0. The summed E-state index contributed by atoms with van der Waals surface area (Å²) >= 11 is 0. The van der Waals surface area contributed by atoms with Crippen LogP contribution in [0.2, 0.25) is 0 Å².